The van der Waals surface area contributed by atoms with Gasteiger partial charge in [-0.3, -0.25) is 0 Å². The molecular weight excluding hydrogens is 822 g/mol. The van der Waals surface area contributed by atoms with Crippen LogP contribution in [0.4, 0.5) is 4.39 Å². The van der Waals surface area contributed by atoms with Gasteiger partial charge in [0.15, 0.2) is 0 Å². The van der Waals surface area contributed by atoms with Crippen LogP contribution in [-0.2, 0) is 26.5 Å². The second kappa shape index (κ2) is 14.9. The van der Waals surface area contributed by atoms with Gasteiger partial charge < -0.3 is 9.40 Å². The van der Waals surface area contributed by atoms with Crippen LogP contribution in [0.5, 0.6) is 0 Å². The number of halogens is 1. The van der Waals surface area contributed by atoms with Gasteiger partial charge in [-0.1, -0.05) is 23.1 Å². The van der Waals surface area contributed by atoms with Crippen molar-refractivity contribution in [2.75, 3.05) is 0 Å². The predicted molar refractivity (Wildman–Crippen MR) is 189 cm³/mol. The summed E-state index contributed by atoms with van der Waals surface area (Å²) in [5, 5.41) is 1.90. The number of hydrogen-bond acceptors (Lipinski definition) is 4. The topological polar surface area (TPSA) is 51.8 Å². The average molecular weight is 859 g/mol. The van der Waals surface area contributed by atoms with Crippen LogP contribution in [0.3, 0.4) is 0 Å². The van der Waals surface area contributed by atoms with Crippen molar-refractivity contribution in [2.24, 2.45) is 5.92 Å². The Labute approximate surface area is 292 Å². The van der Waals surface area contributed by atoms with Gasteiger partial charge >= 0.3 is 126 Å². The quantitative estimate of drug-likeness (QED) is 0.124. The molecule has 7 rings (SSSR count). The molecule has 7 aromatic rings. The summed E-state index contributed by atoms with van der Waals surface area (Å²) in [5.74, 6) is 7.72. The third kappa shape index (κ3) is 7.95. The maximum Gasteiger partial charge on any atom is 0.216 e. The fourth-order valence-electron chi connectivity index (χ4n) is 5.59. The molecule has 47 heavy (non-hydrogen) atoms. The van der Waals surface area contributed by atoms with Crippen molar-refractivity contribution in [1.29, 1.82) is 0 Å². The summed E-state index contributed by atoms with van der Waals surface area (Å²) < 4.78 is 20.8. The minimum atomic E-state index is -1.86. The molecule has 0 bridgehead atoms. The van der Waals surface area contributed by atoms with E-state index in [1.165, 1.54) is 17.7 Å². The Morgan fingerprint density at radius 2 is 1.57 bits per heavy atom. The molecule has 0 aliphatic heterocycles. The summed E-state index contributed by atoms with van der Waals surface area (Å²) in [5.41, 5.74) is 8.07. The van der Waals surface area contributed by atoms with E-state index in [4.69, 9.17) is 9.40 Å². The zero-order valence-corrected chi connectivity index (χ0v) is 31.6. The summed E-state index contributed by atoms with van der Waals surface area (Å²) in [6.45, 7) is 4.57. The van der Waals surface area contributed by atoms with E-state index in [9.17, 15) is 4.39 Å². The van der Waals surface area contributed by atoms with E-state index in [2.05, 4.69) is 71.5 Å². The molecule has 0 unspecified atom stereocenters. The SMILES string of the molecule is CC(C)Cc1cc(-c2[c-]cccc2)nc[c]1[Ge]([CH3])([CH3])[CH3].Fc1ccc(-c2ccc3c(n2)oc2c(-c4ccccn4)[c-]ccc23)cc1.[Ir]. The van der Waals surface area contributed by atoms with Gasteiger partial charge in [0.2, 0.25) is 5.71 Å². The number of fused-ring (bicyclic) bond motifs is 3. The zero-order chi connectivity index (χ0) is 32.3. The van der Waals surface area contributed by atoms with Gasteiger partial charge in [-0.25, -0.2) is 9.37 Å². The Kier molecular flexibility index (Phi) is 10.9. The summed E-state index contributed by atoms with van der Waals surface area (Å²) >= 11 is -1.86. The number of hydrogen-bond donors (Lipinski definition) is 0. The molecule has 0 aliphatic rings. The van der Waals surface area contributed by atoms with Crippen LogP contribution in [-0.4, -0.2) is 28.2 Å². The van der Waals surface area contributed by atoms with Gasteiger partial charge in [-0.05, 0) is 48.2 Å². The van der Waals surface area contributed by atoms with Gasteiger partial charge in [-0.2, -0.15) is 0 Å². The summed E-state index contributed by atoms with van der Waals surface area (Å²) in [4.78, 5) is 13.7. The number of furan rings is 1. The first kappa shape index (κ1) is 34.4. The molecule has 0 atom stereocenters. The van der Waals surface area contributed by atoms with E-state index in [-0.39, 0.29) is 25.9 Å². The van der Waals surface area contributed by atoms with E-state index in [1.54, 1.807) is 22.7 Å². The normalized spacial score (nSPS) is 11.3. The zero-order valence-electron chi connectivity index (χ0n) is 27.1. The number of nitrogens with zero attached hydrogens (tertiary/aromatic N) is 3. The van der Waals surface area contributed by atoms with Gasteiger partial charge in [0.05, 0.1) is 11.3 Å². The molecule has 4 heterocycles. The number of aromatic nitrogens is 3. The molecule has 0 N–H and O–H groups in total. The number of rotatable bonds is 6. The van der Waals surface area contributed by atoms with Gasteiger partial charge in [0.1, 0.15) is 5.82 Å². The monoisotopic (exact) mass is 860 g/mol. The predicted octanol–water partition coefficient (Wildman–Crippen LogP) is 9.94. The summed E-state index contributed by atoms with van der Waals surface area (Å²) in [6, 6.07) is 36.6. The van der Waals surface area contributed by atoms with Crippen molar-refractivity contribution in [3.63, 3.8) is 0 Å². The maximum absolute atomic E-state index is 13.2. The largest absolute Gasteiger partial charge is 0.486 e. The van der Waals surface area contributed by atoms with Crippen LogP contribution in [0, 0.1) is 23.9 Å². The summed E-state index contributed by atoms with van der Waals surface area (Å²) in [6.07, 6.45) is 5.02. The Morgan fingerprint density at radius 1 is 0.787 bits per heavy atom. The third-order valence-electron chi connectivity index (χ3n) is 7.77. The third-order valence-corrected chi connectivity index (χ3v) is 12.1. The van der Waals surface area contributed by atoms with Crippen molar-refractivity contribution >= 4 is 39.7 Å². The first-order chi connectivity index (χ1) is 22.2. The molecule has 239 valence electrons. The molecule has 0 saturated carbocycles. The van der Waals surface area contributed by atoms with Gasteiger partial charge in [0.25, 0.3) is 0 Å². The Hall–Kier alpha value is -3.97. The molecule has 0 fully saturated rings. The summed E-state index contributed by atoms with van der Waals surface area (Å²) in [7, 11) is 0. The van der Waals surface area contributed by atoms with Gasteiger partial charge in [-0.15, -0.1) is 18.2 Å². The minimum Gasteiger partial charge on any atom is -0.486 e. The fraction of sp³-hybridized carbons (Fsp3) is 0.175. The molecular formula is C40H36FGeIrN3O-2. The number of benzene rings is 3. The molecule has 1 radical (unpaired) electrons. The van der Waals surface area contributed by atoms with E-state index in [0.29, 0.717) is 17.2 Å². The first-order valence-electron chi connectivity index (χ1n) is 15.5. The molecule has 3 aromatic carbocycles. The minimum absolute atomic E-state index is 0. The van der Waals surface area contributed by atoms with E-state index >= 15 is 0 Å². The molecule has 0 aliphatic carbocycles. The Bertz CT molecular complexity index is 2090. The van der Waals surface area contributed by atoms with Crippen molar-refractivity contribution in [2.45, 2.75) is 37.5 Å². The number of pyridine rings is 3. The van der Waals surface area contributed by atoms with Crippen LogP contribution in [0.25, 0.3) is 55.8 Å². The van der Waals surface area contributed by atoms with Crippen LogP contribution >= 0.6 is 0 Å². The van der Waals surface area contributed by atoms with Gasteiger partial charge in [0, 0.05) is 37.3 Å². The Balaban J connectivity index is 0.000000188. The van der Waals surface area contributed by atoms with Crippen molar-refractivity contribution in [3.05, 3.63) is 133 Å². The standard InChI is InChI=1S/C22H12FN2O.C18H24GeN.Ir/c23-15-9-7-14(8-10-15)19-12-11-17-16-4-3-5-18(20-6-1-2-13-24-20)21(16)26-22(17)25-19;1-14(2)11-16-12-18(15-9-7-6-8-10-15)20-13-17(16)19(3,4)5;/h1-4,6-13H;6-9,12-14H,11H2,1-5H3;/q2*-1;. The second-order valence-electron chi connectivity index (χ2n) is 12.8. The first-order valence-corrected chi connectivity index (χ1v) is 22.9. The second-order valence-corrected chi connectivity index (χ2v) is 23.4. The van der Waals surface area contributed by atoms with E-state index in [0.717, 1.165) is 51.0 Å². The molecule has 0 amide bonds. The van der Waals surface area contributed by atoms with Crippen LogP contribution in [0.15, 0.2) is 114 Å². The maximum atomic E-state index is 13.2. The molecule has 0 spiro atoms. The fourth-order valence-corrected chi connectivity index (χ4v) is 8.92. The van der Waals surface area contributed by atoms with Crippen molar-refractivity contribution in [1.82, 2.24) is 15.0 Å². The molecule has 4 aromatic heterocycles. The molecule has 0 saturated heterocycles. The Morgan fingerprint density at radius 3 is 2.26 bits per heavy atom. The van der Waals surface area contributed by atoms with E-state index < -0.39 is 13.3 Å². The van der Waals surface area contributed by atoms with Crippen molar-refractivity contribution < 1.29 is 28.9 Å². The van der Waals surface area contributed by atoms with Crippen molar-refractivity contribution in [3.8, 4) is 33.8 Å². The van der Waals surface area contributed by atoms with Crippen LogP contribution in [0.2, 0.25) is 17.3 Å². The average Bonchev–Trinajstić information content (AvgIpc) is 3.43. The van der Waals surface area contributed by atoms with E-state index in [1.807, 2.05) is 60.7 Å². The van der Waals surface area contributed by atoms with Crippen LogP contribution < -0.4 is 4.40 Å². The molecule has 7 heteroatoms. The molecule has 4 nitrogen and oxygen atoms in total. The smallest absolute Gasteiger partial charge is 0.216 e. The van der Waals surface area contributed by atoms with Crippen LogP contribution in [0.1, 0.15) is 19.4 Å².